The van der Waals surface area contributed by atoms with Crippen molar-refractivity contribution in [3.63, 3.8) is 0 Å². The predicted octanol–water partition coefficient (Wildman–Crippen LogP) is 8.72. The van der Waals surface area contributed by atoms with E-state index >= 15 is 0 Å². The predicted molar refractivity (Wildman–Crippen MR) is 190 cm³/mol. The van der Waals surface area contributed by atoms with Crippen LogP contribution in [0.15, 0.2) is 67.3 Å². The molecule has 2 aromatic rings. The molecule has 1 saturated carbocycles. The summed E-state index contributed by atoms with van der Waals surface area (Å²) in [5.41, 5.74) is 3.06. The number of amides is 1. The number of esters is 2. The van der Waals surface area contributed by atoms with E-state index in [0.717, 1.165) is 44.7 Å². The van der Waals surface area contributed by atoms with E-state index in [1.807, 2.05) is 50.3 Å². The van der Waals surface area contributed by atoms with Crippen molar-refractivity contribution in [2.24, 2.45) is 23.2 Å². The molecule has 0 spiro atoms. The number of rotatable bonds is 17. The fourth-order valence-electron chi connectivity index (χ4n) is 5.69. The van der Waals surface area contributed by atoms with Gasteiger partial charge in [-0.25, -0.2) is 4.79 Å². The van der Waals surface area contributed by atoms with Crippen LogP contribution in [0.2, 0.25) is 0 Å². The van der Waals surface area contributed by atoms with Gasteiger partial charge in [-0.3, -0.25) is 9.59 Å². The van der Waals surface area contributed by atoms with Crippen LogP contribution in [0.25, 0.3) is 10.4 Å². The minimum Gasteiger partial charge on any atom is -0.490 e. The van der Waals surface area contributed by atoms with Crippen LogP contribution in [0.4, 0.5) is 0 Å². The molecule has 10 heteroatoms. The van der Waals surface area contributed by atoms with Gasteiger partial charge in [0.15, 0.2) is 0 Å². The third-order valence-electron chi connectivity index (χ3n) is 8.94. The van der Waals surface area contributed by atoms with Crippen molar-refractivity contribution in [3.8, 4) is 16.2 Å². The maximum atomic E-state index is 13.1. The second-order valence-corrected chi connectivity index (χ2v) is 15.3. The molecule has 1 fully saturated rings. The summed E-state index contributed by atoms with van der Waals surface area (Å²) >= 11 is 5.19. The van der Waals surface area contributed by atoms with Crippen molar-refractivity contribution >= 4 is 50.7 Å². The molecule has 250 valence electrons. The number of hydrogen-bond donors (Lipinski definition) is 1. The first-order chi connectivity index (χ1) is 21.9. The second-order valence-electron chi connectivity index (χ2n) is 12.4. The molecule has 1 aliphatic carbocycles. The molecular weight excluding hydrogens is 639 g/mol. The zero-order chi connectivity index (χ0) is 33.9. The minimum absolute atomic E-state index is 0.0000624. The summed E-state index contributed by atoms with van der Waals surface area (Å²) in [6.07, 6.45) is 5.29. The average Bonchev–Trinajstić information content (AvgIpc) is 3.49. The SMILES string of the molecule is C=C[C@]1(C)CC[C@@H](C(=C)COC(=O)C(NC(=O)CCC(=O)OCCOc2ccc(-c3cc(=S)ss3)cc2)C(C)CC)C[C@H]1C(=C)C. The fourth-order valence-corrected chi connectivity index (χ4v) is 8.09. The second kappa shape index (κ2) is 17.7. The zero-order valence-electron chi connectivity index (χ0n) is 27.4. The van der Waals surface area contributed by atoms with Crippen LogP contribution in [-0.2, 0) is 23.9 Å². The van der Waals surface area contributed by atoms with E-state index in [0.29, 0.717) is 18.1 Å². The number of carbonyl (C=O) groups is 3. The van der Waals surface area contributed by atoms with Gasteiger partial charge in [0.25, 0.3) is 0 Å². The molecule has 7 nitrogen and oxygen atoms in total. The molecule has 0 bridgehead atoms. The first-order valence-electron chi connectivity index (χ1n) is 15.8. The summed E-state index contributed by atoms with van der Waals surface area (Å²) < 4.78 is 17.4. The maximum absolute atomic E-state index is 13.1. The molecule has 1 amide bonds. The number of benzene rings is 1. The lowest BCUT2D eigenvalue weighted by molar-refractivity contribution is -0.149. The zero-order valence-corrected chi connectivity index (χ0v) is 29.9. The van der Waals surface area contributed by atoms with E-state index in [2.05, 4.69) is 38.9 Å². The lowest BCUT2D eigenvalue weighted by Gasteiger charge is -2.43. The van der Waals surface area contributed by atoms with Crippen molar-refractivity contribution in [1.29, 1.82) is 0 Å². The number of nitrogens with one attached hydrogen (secondary N) is 1. The first kappa shape index (κ1) is 37.4. The lowest BCUT2D eigenvalue weighted by atomic mass is 9.61. The molecule has 1 heterocycles. The molecule has 5 atom stereocenters. The first-order valence-corrected chi connectivity index (χ1v) is 18.3. The number of allylic oxidation sites excluding steroid dienone is 2. The van der Waals surface area contributed by atoms with Gasteiger partial charge in [-0.15, -0.1) is 6.58 Å². The molecular formula is C36H47NO6S3. The van der Waals surface area contributed by atoms with Crippen molar-refractivity contribution in [3.05, 3.63) is 71.1 Å². The van der Waals surface area contributed by atoms with E-state index in [9.17, 15) is 14.4 Å². The van der Waals surface area contributed by atoms with Crippen LogP contribution in [0.3, 0.4) is 0 Å². The Kier molecular flexibility index (Phi) is 14.4. The van der Waals surface area contributed by atoms with Gasteiger partial charge < -0.3 is 19.5 Å². The Morgan fingerprint density at radius 1 is 1.13 bits per heavy atom. The van der Waals surface area contributed by atoms with Gasteiger partial charge in [-0.05, 0) is 90.8 Å². The quantitative estimate of drug-likeness (QED) is 0.0586. The summed E-state index contributed by atoms with van der Waals surface area (Å²) in [7, 11) is 3.20. The molecule has 1 aromatic heterocycles. The van der Waals surface area contributed by atoms with Crippen LogP contribution < -0.4 is 10.1 Å². The molecule has 0 aliphatic heterocycles. The Labute approximate surface area is 286 Å². The van der Waals surface area contributed by atoms with Gasteiger partial charge >= 0.3 is 11.9 Å². The fraction of sp³-hybridized carbons (Fsp3) is 0.500. The number of hydrogen-bond acceptors (Lipinski definition) is 9. The van der Waals surface area contributed by atoms with Crippen LogP contribution in [-0.4, -0.2) is 43.7 Å². The standard InChI is InChI=1S/C36H47NO6S3/c1-8-24(5)34(35(40)43-22-25(6)27-16-17-36(7,9-2)29(20-27)23(3)4)37-31(38)14-15-32(39)42-19-18-41-28-12-10-26(11-13-28)30-21-33(44)46-45-30/h9-13,21,24,27,29,34H,2-3,6,8,14-20,22H2,1,4-5,7H3,(H,37,38)/t24?,27-,29+,34?,36-/m1/s1. The normalized spacial score (nSPS) is 20.5. The molecule has 1 aromatic carbocycles. The maximum Gasteiger partial charge on any atom is 0.329 e. The van der Waals surface area contributed by atoms with Gasteiger partial charge in [0, 0.05) is 11.3 Å². The third kappa shape index (κ3) is 10.7. The minimum atomic E-state index is -0.821. The van der Waals surface area contributed by atoms with Crippen LogP contribution in [0.1, 0.15) is 66.2 Å². The van der Waals surface area contributed by atoms with Crippen LogP contribution in [0, 0.1) is 27.0 Å². The smallest absolute Gasteiger partial charge is 0.329 e. The molecule has 1 N–H and O–H groups in total. The van der Waals surface area contributed by atoms with Crippen molar-refractivity contribution < 1.29 is 28.6 Å². The topological polar surface area (TPSA) is 90.9 Å². The number of ether oxygens (including phenoxy) is 3. The summed E-state index contributed by atoms with van der Waals surface area (Å²) in [4.78, 5) is 39.2. The summed E-state index contributed by atoms with van der Waals surface area (Å²) in [5.74, 6) is -0.406. The van der Waals surface area contributed by atoms with Gasteiger partial charge in [-0.1, -0.05) is 84.9 Å². The molecule has 1 aliphatic rings. The van der Waals surface area contributed by atoms with Crippen LogP contribution in [0.5, 0.6) is 5.75 Å². The summed E-state index contributed by atoms with van der Waals surface area (Å²) in [6, 6.07) is 8.79. The van der Waals surface area contributed by atoms with Crippen LogP contribution >= 0.6 is 32.9 Å². The Morgan fingerprint density at radius 2 is 1.85 bits per heavy atom. The monoisotopic (exact) mass is 685 g/mol. The highest BCUT2D eigenvalue weighted by Gasteiger charge is 2.39. The summed E-state index contributed by atoms with van der Waals surface area (Å²) in [5, 5.41) is 2.77. The Morgan fingerprint density at radius 3 is 2.46 bits per heavy atom. The highest BCUT2D eigenvalue weighted by Crippen LogP contribution is 2.48. The van der Waals surface area contributed by atoms with E-state index in [1.54, 1.807) is 20.7 Å². The highest BCUT2D eigenvalue weighted by molar-refractivity contribution is 7.80. The van der Waals surface area contributed by atoms with Gasteiger partial charge in [0.1, 0.15) is 35.4 Å². The van der Waals surface area contributed by atoms with E-state index in [4.69, 9.17) is 26.4 Å². The summed E-state index contributed by atoms with van der Waals surface area (Å²) in [6.45, 7) is 20.9. The molecule has 3 rings (SSSR count). The Bertz CT molecular complexity index is 1440. The van der Waals surface area contributed by atoms with Gasteiger partial charge in [0.05, 0.1) is 6.42 Å². The molecule has 46 heavy (non-hydrogen) atoms. The van der Waals surface area contributed by atoms with E-state index in [1.165, 1.54) is 0 Å². The van der Waals surface area contributed by atoms with E-state index < -0.39 is 23.9 Å². The Hall–Kier alpha value is -3.08. The van der Waals surface area contributed by atoms with Gasteiger partial charge in [-0.2, -0.15) is 0 Å². The van der Waals surface area contributed by atoms with Crippen molar-refractivity contribution in [2.45, 2.75) is 72.3 Å². The molecule has 2 unspecified atom stereocenters. The largest absolute Gasteiger partial charge is 0.490 e. The highest BCUT2D eigenvalue weighted by atomic mass is 32.9. The third-order valence-corrected chi connectivity index (χ3v) is 11.9. The van der Waals surface area contributed by atoms with Gasteiger partial charge in [0.2, 0.25) is 5.91 Å². The molecule has 0 radical (unpaired) electrons. The Balaban J connectivity index is 1.39. The van der Waals surface area contributed by atoms with Crippen molar-refractivity contribution in [1.82, 2.24) is 5.32 Å². The van der Waals surface area contributed by atoms with Crippen molar-refractivity contribution in [2.75, 3.05) is 19.8 Å². The lowest BCUT2D eigenvalue weighted by Crippen LogP contribution is -2.46. The molecule has 0 saturated heterocycles. The average molecular weight is 686 g/mol. The number of carbonyl (C=O) groups excluding carboxylic acids is 3. The van der Waals surface area contributed by atoms with E-state index in [-0.39, 0.29) is 49.9 Å².